The van der Waals surface area contributed by atoms with Crippen molar-refractivity contribution in [3.63, 3.8) is 0 Å². The fraction of sp³-hybridized carbons (Fsp3) is 0.400. The third-order valence-corrected chi connectivity index (χ3v) is 2.68. The van der Waals surface area contributed by atoms with Gasteiger partial charge in [-0.25, -0.2) is 0 Å². The molecule has 1 unspecified atom stereocenters. The van der Waals surface area contributed by atoms with E-state index >= 15 is 0 Å². The standard InChI is InChI=1S/C15H20N2O/c1-3-8-14(16)15(18)17(11-4-2)12-13-9-6-5-7-10-13/h1,5-7,9-10,14H,4,8,11-12,16H2,2H3. The van der Waals surface area contributed by atoms with E-state index in [9.17, 15) is 4.79 Å². The van der Waals surface area contributed by atoms with Crippen LogP contribution >= 0.6 is 0 Å². The van der Waals surface area contributed by atoms with Gasteiger partial charge in [-0.2, -0.15) is 0 Å². The van der Waals surface area contributed by atoms with Crippen molar-refractivity contribution in [1.29, 1.82) is 0 Å². The summed E-state index contributed by atoms with van der Waals surface area (Å²) >= 11 is 0. The van der Waals surface area contributed by atoms with Crippen LogP contribution in [-0.4, -0.2) is 23.4 Å². The molecule has 1 rings (SSSR count). The first kappa shape index (κ1) is 14.3. The second-order valence-corrected chi connectivity index (χ2v) is 4.26. The third kappa shape index (κ3) is 4.23. The van der Waals surface area contributed by atoms with Gasteiger partial charge < -0.3 is 10.6 Å². The lowest BCUT2D eigenvalue weighted by atomic mass is 10.1. The minimum atomic E-state index is -0.592. The highest BCUT2D eigenvalue weighted by atomic mass is 16.2. The van der Waals surface area contributed by atoms with Crippen LogP contribution in [0.3, 0.4) is 0 Å². The predicted molar refractivity (Wildman–Crippen MR) is 73.6 cm³/mol. The Morgan fingerprint density at radius 2 is 2.11 bits per heavy atom. The Bertz CT molecular complexity index is 408. The maximum absolute atomic E-state index is 12.1. The summed E-state index contributed by atoms with van der Waals surface area (Å²) in [7, 11) is 0. The number of benzene rings is 1. The Kier molecular flexibility index (Phi) is 5.96. The Hall–Kier alpha value is -1.79. The Morgan fingerprint density at radius 1 is 1.44 bits per heavy atom. The summed E-state index contributed by atoms with van der Waals surface area (Å²) in [5.41, 5.74) is 6.88. The van der Waals surface area contributed by atoms with E-state index in [0.29, 0.717) is 13.1 Å². The zero-order valence-electron chi connectivity index (χ0n) is 10.8. The van der Waals surface area contributed by atoms with E-state index in [1.807, 2.05) is 37.3 Å². The lowest BCUT2D eigenvalue weighted by molar-refractivity contribution is -0.133. The van der Waals surface area contributed by atoms with Gasteiger partial charge in [0.1, 0.15) is 0 Å². The van der Waals surface area contributed by atoms with Gasteiger partial charge in [0, 0.05) is 19.5 Å². The topological polar surface area (TPSA) is 46.3 Å². The zero-order valence-corrected chi connectivity index (χ0v) is 10.8. The van der Waals surface area contributed by atoms with Crippen molar-refractivity contribution in [3.8, 4) is 12.3 Å². The van der Waals surface area contributed by atoms with E-state index in [2.05, 4.69) is 5.92 Å². The number of carbonyl (C=O) groups excluding carboxylic acids is 1. The molecular weight excluding hydrogens is 224 g/mol. The van der Waals surface area contributed by atoms with Gasteiger partial charge in [0.15, 0.2) is 0 Å². The van der Waals surface area contributed by atoms with Crippen molar-refractivity contribution >= 4 is 5.91 Å². The van der Waals surface area contributed by atoms with Crippen LogP contribution in [0, 0.1) is 12.3 Å². The fourth-order valence-corrected chi connectivity index (χ4v) is 1.79. The van der Waals surface area contributed by atoms with Gasteiger partial charge in [-0.3, -0.25) is 4.79 Å². The number of rotatable bonds is 6. The number of hydrogen-bond donors (Lipinski definition) is 1. The average Bonchev–Trinajstić information content (AvgIpc) is 2.39. The maximum atomic E-state index is 12.1. The molecule has 0 radical (unpaired) electrons. The smallest absolute Gasteiger partial charge is 0.240 e. The van der Waals surface area contributed by atoms with Gasteiger partial charge in [-0.15, -0.1) is 12.3 Å². The third-order valence-electron chi connectivity index (χ3n) is 2.68. The van der Waals surface area contributed by atoms with Crippen molar-refractivity contribution in [1.82, 2.24) is 4.90 Å². The molecule has 0 saturated heterocycles. The van der Waals surface area contributed by atoms with Crippen LogP contribution < -0.4 is 5.73 Å². The van der Waals surface area contributed by atoms with Crippen molar-refractivity contribution in [2.45, 2.75) is 32.4 Å². The number of carbonyl (C=O) groups is 1. The van der Waals surface area contributed by atoms with E-state index in [1.165, 1.54) is 0 Å². The van der Waals surface area contributed by atoms with Crippen LogP contribution in [0.25, 0.3) is 0 Å². The van der Waals surface area contributed by atoms with Crippen LogP contribution in [0.2, 0.25) is 0 Å². The predicted octanol–water partition coefficient (Wildman–Crippen LogP) is 1.78. The van der Waals surface area contributed by atoms with Crippen molar-refractivity contribution in [2.75, 3.05) is 6.54 Å². The summed E-state index contributed by atoms with van der Waals surface area (Å²) in [4.78, 5) is 13.9. The molecule has 0 heterocycles. The van der Waals surface area contributed by atoms with Crippen LogP contribution in [0.1, 0.15) is 25.3 Å². The first-order valence-corrected chi connectivity index (χ1v) is 6.20. The Balaban J connectivity index is 2.71. The summed E-state index contributed by atoms with van der Waals surface area (Å²) < 4.78 is 0. The molecule has 0 spiro atoms. The van der Waals surface area contributed by atoms with Gasteiger partial charge in [-0.1, -0.05) is 37.3 Å². The highest BCUT2D eigenvalue weighted by Crippen LogP contribution is 2.07. The molecule has 1 aromatic carbocycles. The maximum Gasteiger partial charge on any atom is 0.240 e. The lowest BCUT2D eigenvalue weighted by Gasteiger charge is -2.24. The number of terminal acetylenes is 1. The molecule has 1 aromatic rings. The summed E-state index contributed by atoms with van der Waals surface area (Å²) in [5, 5.41) is 0. The first-order valence-electron chi connectivity index (χ1n) is 6.20. The second kappa shape index (κ2) is 7.52. The second-order valence-electron chi connectivity index (χ2n) is 4.26. The number of amides is 1. The molecule has 0 saturated carbocycles. The lowest BCUT2D eigenvalue weighted by Crippen LogP contribution is -2.43. The number of hydrogen-bond acceptors (Lipinski definition) is 2. The molecule has 0 aliphatic rings. The molecule has 1 atom stereocenters. The van der Waals surface area contributed by atoms with E-state index in [-0.39, 0.29) is 12.3 Å². The molecule has 0 fully saturated rings. The van der Waals surface area contributed by atoms with Crippen LogP contribution in [0.15, 0.2) is 30.3 Å². The quantitative estimate of drug-likeness (QED) is 0.775. The first-order chi connectivity index (χ1) is 8.69. The Labute approximate surface area is 109 Å². The van der Waals surface area contributed by atoms with Gasteiger partial charge in [-0.05, 0) is 12.0 Å². The molecule has 0 bridgehead atoms. The van der Waals surface area contributed by atoms with Gasteiger partial charge >= 0.3 is 0 Å². The molecule has 18 heavy (non-hydrogen) atoms. The van der Waals surface area contributed by atoms with Crippen LogP contribution in [0.4, 0.5) is 0 Å². The summed E-state index contributed by atoms with van der Waals surface area (Å²) in [6.45, 7) is 3.33. The summed E-state index contributed by atoms with van der Waals surface area (Å²) in [5.74, 6) is 2.37. The molecule has 96 valence electrons. The summed E-state index contributed by atoms with van der Waals surface area (Å²) in [6.07, 6.45) is 6.38. The van der Waals surface area contributed by atoms with E-state index in [1.54, 1.807) is 4.90 Å². The molecular formula is C15H20N2O. The fourth-order valence-electron chi connectivity index (χ4n) is 1.79. The van der Waals surface area contributed by atoms with Crippen molar-refractivity contribution < 1.29 is 4.79 Å². The highest BCUT2D eigenvalue weighted by Gasteiger charge is 2.19. The minimum absolute atomic E-state index is 0.0707. The molecule has 1 amide bonds. The van der Waals surface area contributed by atoms with Crippen LogP contribution in [0.5, 0.6) is 0 Å². The molecule has 3 heteroatoms. The monoisotopic (exact) mass is 244 g/mol. The minimum Gasteiger partial charge on any atom is -0.337 e. The normalized spacial score (nSPS) is 11.6. The average molecular weight is 244 g/mol. The summed E-state index contributed by atoms with van der Waals surface area (Å²) in [6, 6.07) is 9.30. The Morgan fingerprint density at radius 3 is 2.67 bits per heavy atom. The van der Waals surface area contributed by atoms with E-state index in [4.69, 9.17) is 12.2 Å². The van der Waals surface area contributed by atoms with Crippen molar-refractivity contribution in [3.05, 3.63) is 35.9 Å². The molecule has 0 aliphatic heterocycles. The van der Waals surface area contributed by atoms with Crippen molar-refractivity contribution in [2.24, 2.45) is 5.73 Å². The number of nitrogens with zero attached hydrogens (tertiary/aromatic N) is 1. The van der Waals surface area contributed by atoms with Gasteiger partial charge in [0.2, 0.25) is 5.91 Å². The van der Waals surface area contributed by atoms with Gasteiger partial charge in [0.25, 0.3) is 0 Å². The molecule has 0 aliphatic carbocycles. The molecule has 2 N–H and O–H groups in total. The SMILES string of the molecule is C#CCC(N)C(=O)N(CCC)Cc1ccccc1. The van der Waals surface area contributed by atoms with Crippen LogP contribution in [-0.2, 0) is 11.3 Å². The molecule has 3 nitrogen and oxygen atoms in total. The zero-order chi connectivity index (χ0) is 13.4. The largest absolute Gasteiger partial charge is 0.337 e. The van der Waals surface area contributed by atoms with E-state index in [0.717, 1.165) is 12.0 Å². The highest BCUT2D eigenvalue weighted by molar-refractivity contribution is 5.82. The molecule has 0 aromatic heterocycles. The van der Waals surface area contributed by atoms with Gasteiger partial charge in [0.05, 0.1) is 6.04 Å². The van der Waals surface area contributed by atoms with E-state index < -0.39 is 6.04 Å². The number of nitrogens with two attached hydrogens (primary N) is 1.